The molecule has 0 bridgehead atoms. The van der Waals surface area contributed by atoms with Crippen molar-refractivity contribution in [1.29, 1.82) is 0 Å². The first-order chi connectivity index (χ1) is 11.0. The molecule has 0 amide bonds. The van der Waals surface area contributed by atoms with E-state index in [4.69, 9.17) is 4.74 Å². The zero-order chi connectivity index (χ0) is 17.2. The van der Waals surface area contributed by atoms with Gasteiger partial charge >= 0.3 is 0 Å². The van der Waals surface area contributed by atoms with Gasteiger partial charge in [0.1, 0.15) is 0 Å². The number of guanidine groups is 1. The lowest BCUT2D eigenvalue weighted by atomic mass is 10.1. The summed E-state index contributed by atoms with van der Waals surface area (Å²) in [6.45, 7) is 8.14. The summed E-state index contributed by atoms with van der Waals surface area (Å²) in [5, 5.41) is 11.3. The monoisotopic (exact) mass is 323 g/mol. The molecule has 0 radical (unpaired) electrons. The molecule has 0 aromatic carbocycles. The molecule has 0 aliphatic rings. The molecule has 1 atom stereocenters. The third-order valence-corrected chi connectivity index (χ3v) is 4.09. The molecule has 0 aliphatic heterocycles. The van der Waals surface area contributed by atoms with Gasteiger partial charge in [0.05, 0.1) is 5.69 Å². The van der Waals surface area contributed by atoms with Crippen molar-refractivity contribution in [3.05, 3.63) is 17.0 Å². The van der Waals surface area contributed by atoms with E-state index in [2.05, 4.69) is 41.5 Å². The quantitative estimate of drug-likeness (QED) is 0.414. The van der Waals surface area contributed by atoms with E-state index in [0.717, 1.165) is 44.1 Å². The highest BCUT2D eigenvalue weighted by Crippen LogP contribution is 2.14. The number of nitrogens with zero attached hydrogens (tertiary/aromatic N) is 3. The van der Waals surface area contributed by atoms with Gasteiger partial charge in [-0.1, -0.05) is 0 Å². The molecule has 1 heterocycles. The first-order valence-corrected chi connectivity index (χ1v) is 8.44. The van der Waals surface area contributed by atoms with Crippen molar-refractivity contribution < 1.29 is 4.74 Å². The molecule has 23 heavy (non-hydrogen) atoms. The first-order valence-electron chi connectivity index (χ1n) is 8.44. The van der Waals surface area contributed by atoms with Gasteiger partial charge in [-0.3, -0.25) is 9.67 Å². The van der Waals surface area contributed by atoms with Gasteiger partial charge in [0.15, 0.2) is 5.96 Å². The smallest absolute Gasteiger partial charge is 0.191 e. The highest BCUT2D eigenvalue weighted by atomic mass is 16.5. The van der Waals surface area contributed by atoms with E-state index >= 15 is 0 Å². The predicted octanol–water partition coefficient (Wildman–Crippen LogP) is 1.95. The Balaban J connectivity index is 2.37. The van der Waals surface area contributed by atoms with Gasteiger partial charge in [-0.05, 0) is 52.0 Å². The maximum absolute atomic E-state index is 5.06. The number of nitrogens with one attached hydrogen (secondary N) is 2. The Kier molecular flexibility index (Phi) is 8.69. The normalized spacial score (nSPS) is 13.2. The Bertz CT molecular complexity index is 495. The average molecular weight is 323 g/mol. The Hall–Kier alpha value is -1.56. The fourth-order valence-corrected chi connectivity index (χ4v) is 2.65. The minimum atomic E-state index is 0.302. The van der Waals surface area contributed by atoms with Crippen LogP contribution in [-0.4, -0.2) is 49.1 Å². The van der Waals surface area contributed by atoms with Crippen LogP contribution < -0.4 is 10.6 Å². The summed E-state index contributed by atoms with van der Waals surface area (Å²) in [7, 11) is 5.55. The largest absolute Gasteiger partial charge is 0.385 e. The van der Waals surface area contributed by atoms with E-state index in [9.17, 15) is 0 Å². The van der Waals surface area contributed by atoms with Crippen LogP contribution in [0, 0.1) is 13.8 Å². The molecular formula is C17H33N5O. The van der Waals surface area contributed by atoms with E-state index in [1.807, 2.05) is 18.8 Å². The molecule has 6 nitrogen and oxygen atoms in total. The number of hydrogen-bond donors (Lipinski definition) is 2. The van der Waals surface area contributed by atoms with E-state index in [1.165, 1.54) is 17.7 Å². The summed E-state index contributed by atoms with van der Waals surface area (Å²) in [6, 6.07) is 0.302. The van der Waals surface area contributed by atoms with Crippen molar-refractivity contribution in [3.8, 4) is 0 Å². The molecule has 6 heteroatoms. The summed E-state index contributed by atoms with van der Waals surface area (Å²) < 4.78 is 7.01. The summed E-state index contributed by atoms with van der Waals surface area (Å²) >= 11 is 0. The lowest BCUT2D eigenvalue weighted by molar-refractivity contribution is 0.192. The van der Waals surface area contributed by atoms with Crippen LogP contribution in [0.5, 0.6) is 0 Å². The van der Waals surface area contributed by atoms with Gasteiger partial charge in [0.2, 0.25) is 0 Å². The van der Waals surface area contributed by atoms with Gasteiger partial charge in [-0.2, -0.15) is 5.10 Å². The second-order valence-corrected chi connectivity index (χ2v) is 6.07. The second kappa shape index (κ2) is 10.3. The van der Waals surface area contributed by atoms with Crippen molar-refractivity contribution in [1.82, 2.24) is 20.4 Å². The molecule has 1 aromatic rings. The van der Waals surface area contributed by atoms with Crippen LogP contribution in [0.2, 0.25) is 0 Å². The van der Waals surface area contributed by atoms with E-state index < -0.39 is 0 Å². The Morgan fingerprint density at radius 1 is 1.30 bits per heavy atom. The van der Waals surface area contributed by atoms with Gasteiger partial charge in [0, 0.05) is 46.1 Å². The number of ether oxygens (including phenoxy) is 1. The number of unbranched alkanes of at least 4 members (excludes halogenated alkanes) is 2. The summed E-state index contributed by atoms with van der Waals surface area (Å²) in [5.41, 5.74) is 3.67. The second-order valence-electron chi connectivity index (χ2n) is 6.07. The molecule has 0 spiro atoms. The Morgan fingerprint density at radius 3 is 2.61 bits per heavy atom. The minimum Gasteiger partial charge on any atom is -0.385 e. The van der Waals surface area contributed by atoms with Crippen LogP contribution in [-0.2, 0) is 18.2 Å². The zero-order valence-electron chi connectivity index (χ0n) is 15.6. The number of aryl methyl sites for hydroxylation is 2. The van der Waals surface area contributed by atoms with Crippen LogP contribution in [0.25, 0.3) is 0 Å². The highest BCUT2D eigenvalue weighted by Gasteiger charge is 2.13. The van der Waals surface area contributed by atoms with Crippen molar-refractivity contribution >= 4 is 5.96 Å². The lowest BCUT2D eigenvalue weighted by Crippen LogP contribution is -2.43. The van der Waals surface area contributed by atoms with Crippen LogP contribution in [0.1, 0.15) is 43.1 Å². The lowest BCUT2D eigenvalue weighted by Gasteiger charge is -2.18. The van der Waals surface area contributed by atoms with Gasteiger partial charge in [-0.15, -0.1) is 0 Å². The topological polar surface area (TPSA) is 63.5 Å². The molecule has 1 rings (SSSR count). The summed E-state index contributed by atoms with van der Waals surface area (Å²) in [4.78, 5) is 4.30. The highest BCUT2D eigenvalue weighted by molar-refractivity contribution is 5.79. The fourth-order valence-electron chi connectivity index (χ4n) is 2.65. The maximum atomic E-state index is 5.06. The SMILES string of the molecule is CN=C(NCCCCCOC)NC(C)Cc1c(C)nn(C)c1C. The summed E-state index contributed by atoms with van der Waals surface area (Å²) in [6.07, 6.45) is 4.35. The van der Waals surface area contributed by atoms with Crippen molar-refractivity contribution in [2.45, 2.75) is 52.5 Å². The molecular weight excluding hydrogens is 290 g/mol. The average Bonchev–Trinajstić information content (AvgIpc) is 2.76. The molecule has 132 valence electrons. The van der Waals surface area contributed by atoms with Crippen molar-refractivity contribution in [2.24, 2.45) is 12.0 Å². The van der Waals surface area contributed by atoms with Gasteiger partial charge < -0.3 is 15.4 Å². The standard InChI is InChI=1S/C17H33N5O/c1-13(12-16-14(2)21-22(5)15(16)3)20-17(18-4)19-10-8-7-9-11-23-6/h13H,7-12H2,1-6H3,(H2,18,19,20). The number of aliphatic imine (C=N–C) groups is 1. The molecule has 0 saturated heterocycles. The van der Waals surface area contributed by atoms with Crippen LogP contribution in [0.4, 0.5) is 0 Å². The molecule has 0 aliphatic carbocycles. The van der Waals surface area contributed by atoms with E-state index in [0.29, 0.717) is 6.04 Å². The van der Waals surface area contributed by atoms with Gasteiger partial charge in [-0.25, -0.2) is 0 Å². The Labute approximate surface area is 140 Å². The molecule has 1 unspecified atom stereocenters. The van der Waals surface area contributed by atoms with E-state index in [1.54, 1.807) is 7.11 Å². The predicted molar refractivity (Wildman–Crippen MR) is 96.1 cm³/mol. The molecule has 2 N–H and O–H groups in total. The molecule has 0 fully saturated rings. The minimum absolute atomic E-state index is 0.302. The molecule has 1 aromatic heterocycles. The Morgan fingerprint density at radius 2 is 2.04 bits per heavy atom. The third kappa shape index (κ3) is 6.60. The van der Waals surface area contributed by atoms with Crippen LogP contribution in [0.3, 0.4) is 0 Å². The number of hydrogen-bond acceptors (Lipinski definition) is 3. The van der Waals surface area contributed by atoms with Crippen molar-refractivity contribution in [2.75, 3.05) is 27.3 Å². The summed E-state index contributed by atoms with van der Waals surface area (Å²) in [5.74, 6) is 0.864. The number of rotatable bonds is 9. The van der Waals surface area contributed by atoms with E-state index in [-0.39, 0.29) is 0 Å². The van der Waals surface area contributed by atoms with Gasteiger partial charge in [0.25, 0.3) is 0 Å². The number of aromatic nitrogens is 2. The van der Waals surface area contributed by atoms with Crippen LogP contribution in [0.15, 0.2) is 4.99 Å². The number of methoxy groups -OCH3 is 1. The third-order valence-electron chi connectivity index (χ3n) is 4.09. The zero-order valence-corrected chi connectivity index (χ0v) is 15.6. The molecule has 0 saturated carbocycles. The maximum Gasteiger partial charge on any atom is 0.191 e. The fraction of sp³-hybridized carbons (Fsp3) is 0.765. The van der Waals surface area contributed by atoms with Crippen molar-refractivity contribution in [3.63, 3.8) is 0 Å². The first kappa shape index (κ1) is 19.5. The van der Waals surface area contributed by atoms with Crippen LogP contribution >= 0.6 is 0 Å².